The molecule has 0 spiro atoms. The molecular formula is C8H13N3O. The van der Waals surface area contributed by atoms with Crippen molar-refractivity contribution in [2.45, 2.75) is 26.4 Å². The van der Waals surface area contributed by atoms with Crippen LogP contribution in [0.4, 0.5) is 0 Å². The summed E-state index contributed by atoms with van der Waals surface area (Å²) >= 11 is 0. The Morgan fingerprint density at radius 2 is 2.33 bits per heavy atom. The zero-order chi connectivity index (χ0) is 9.14. The Bertz CT molecular complexity index is 316. The van der Waals surface area contributed by atoms with Gasteiger partial charge >= 0.3 is 0 Å². The summed E-state index contributed by atoms with van der Waals surface area (Å²) in [6.45, 7) is 4.16. The number of nitrogens with two attached hydrogens (primary N) is 1. The minimum Gasteiger partial charge on any atom is -0.326 e. The molecule has 1 aromatic heterocycles. The molecule has 1 aromatic rings. The summed E-state index contributed by atoms with van der Waals surface area (Å²) in [6.07, 6.45) is 0. The van der Waals surface area contributed by atoms with Gasteiger partial charge in [0.1, 0.15) is 0 Å². The fraction of sp³-hybridized carbons (Fsp3) is 0.500. The summed E-state index contributed by atoms with van der Waals surface area (Å²) in [7, 11) is 0. The second kappa shape index (κ2) is 3.49. The summed E-state index contributed by atoms with van der Waals surface area (Å²) in [5, 5.41) is 4.04. The van der Waals surface area contributed by atoms with E-state index >= 15 is 0 Å². The van der Waals surface area contributed by atoms with Crippen molar-refractivity contribution in [2.24, 2.45) is 5.73 Å². The van der Waals surface area contributed by atoms with Gasteiger partial charge in [-0.3, -0.25) is 4.79 Å². The number of aromatic nitrogens is 2. The van der Waals surface area contributed by atoms with Crippen molar-refractivity contribution in [1.29, 1.82) is 0 Å². The van der Waals surface area contributed by atoms with Gasteiger partial charge in [-0.1, -0.05) is 0 Å². The monoisotopic (exact) mass is 167 g/mol. The van der Waals surface area contributed by atoms with Crippen LogP contribution in [0.1, 0.15) is 12.6 Å². The molecule has 2 N–H and O–H groups in total. The minimum absolute atomic E-state index is 0.0444. The fourth-order valence-electron chi connectivity index (χ4n) is 0.955. The lowest BCUT2D eigenvalue weighted by atomic mass is 10.3. The second-order valence-corrected chi connectivity index (χ2v) is 2.97. The van der Waals surface area contributed by atoms with Gasteiger partial charge in [-0.2, -0.15) is 5.10 Å². The van der Waals surface area contributed by atoms with Gasteiger partial charge in [0.15, 0.2) is 0 Å². The number of hydrogen-bond donors (Lipinski definition) is 1. The van der Waals surface area contributed by atoms with Crippen LogP contribution >= 0.6 is 0 Å². The zero-order valence-electron chi connectivity index (χ0n) is 7.32. The lowest BCUT2D eigenvalue weighted by Crippen LogP contribution is -2.31. The molecule has 0 amide bonds. The topological polar surface area (TPSA) is 60.9 Å². The molecule has 4 heteroatoms. The third-order valence-electron chi connectivity index (χ3n) is 1.46. The number of nitrogens with zero attached hydrogens (tertiary/aromatic N) is 2. The van der Waals surface area contributed by atoms with Gasteiger partial charge in [-0.05, 0) is 19.9 Å². The van der Waals surface area contributed by atoms with Crippen molar-refractivity contribution >= 4 is 0 Å². The summed E-state index contributed by atoms with van der Waals surface area (Å²) < 4.78 is 1.39. The summed E-state index contributed by atoms with van der Waals surface area (Å²) in [4.78, 5) is 11.2. The molecule has 0 saturated carbocycles. The maximum Gasteiger partial charge on any atom is 0.266 e. The van der Waals surface area contributed by atoms with Gasteiger partial charge in [0.25, 0.3) is 5.56 Å². The molecule has 0 saturated heterocycles. The van der Waals surface area contributed by atoms with Gasteiger partial charge in [0.05, 0.1) is 12.2 Å². The largest absolute Gasteiger partial charge is 0.326 e. The molecule has 0 fully saturated rings. The van der Waals surface area contributed by atoms with E-state index in [1.807, 2.05) is 13.8 Å². The minimum atomic E-state index is -0.0992. The van der Waals surface area contributed by atoms with E-state index < -0.39 is 0 Å². The predicted octanol–water partition coefficient (Wildman–Crippen LogP) is -0.101. The van der Waals surface area contributed by atoms with E-state index in [1.54, 1.807) is 6.07 Å². The Balaban J connectivity index is 2.98. The van der Waals surface area contributed by atoms with Crippen molar-refractivity contribution in [1.82, 2.24) is 9.78 Å². The Hall–Kier alpha value is -1.16. The average Bonchev–Trinajstić information content (AvgIpc) is 1.96. The highest BCUT2D eigenvalue weighted by Gasteiger charge is 1.99. The first-order valence-corrected chi connectivity index (χ1v) is 3.90. The highest BCUT2D eigenvalue weighted by molar-refractivity contribution is 4.97. The normalized spacial score (nSPS) is 12.9. The SMILES string of the molecule is Cc1ccc(=O)n(CC(C)N)n1. The smallest absolute Gasteiger partial charge is 0.266 e. The van der Waals surface area contributed by atoms with E-state index in [-0.39, 0.29) is 11.6 Å². The van der Waals surface area contributed by atoms with Crippen LogP contribution < -0.4 is 11.3 Å². The molecular weight excluding hydrogens is 154 g/mol. The second-order valence-electron chi connectivity index (χ2n) is 2.97. The maximum absolute atomic E-state index is 11.2. The molecule has 4 nitrogen and oxygen atoms in total. The van der Waals surface area contributed by atoms with Gasteiger partial charge in [-0.15, -0.1) is 0 Å². The lowest BCUT2D eigenvalue weighted by Gasteiger charge is -2.06. The van der Waals surface area contributed by atoms with Gasteiger partial charge in [0.2, 0.25) is 0 Å². The Kier molecular flexibility index (Phi) is 2.60. The van der Waals surface area contributed by atoms with Gasteiger partial charge < -0.3 is 5.73 Å². The van der Waals surface area contributed by atoms with E-state index in [0.717, 1.165) is 5.69 Å². The average molecular weight is 167 g/mol. The molecule has 1 heterocycles. The van der Waals surface area contributed by atoms with Crippen LogP contribution in [0.15, 0.2) is 16.9 Å². The highest BCUT2D eigenvalue weighted by Crippen LogP contribution is 1.87. The standard InChI is InChI=1S/C8H13N3O/c1-6(9)5-11-8(12)4-3-7(2)10-11/h3-4,6H,5,9H2,1-2H3. The third-order valence-corrected chi connectivity index (χ3v) is 1.46. The number of rotatable bonds is 2. The summed E-state index contributed by atoms with van der Waals surface area (Å²) in [6, 6.07) is 3.15. The van der Waals surface area contributed by atoms with Gasteiger partial charge in [-0.25, -0.2) is 4.68 Å². The first-order chi connectivity index (χ1) is 5.59. The zero-order valence-corrected chi connectivity index (χ0v) is 7.32. The Morgan fingerprint density at radius 3 is 2.92 bits per heavy atom. The van der Waals surface area contributed by atoms with Crippen molar-refractivity contribution in [3.63, 3.8) is 0 Å². The Morgan fingerprint density at radius 1 is 1.67 bits per heavy atom. The predicted molar refractivity (Wildman–Crippen MR) is 46.9 cm³/mol. The molecule has 1 atom stereocenters. The highest BCUT2D eigenvalue weighted by atomic mass is 16.1. The molecule has 1 rings (SSSR count). The van der Waals surface area contributed by atoms with E-state index in [0.29, 0.717) is 6.54 Å². The van der Waals surface area contributed by atoms with E-state index in [2.05, 4.69) is 5.10 Å². The van der Waals surface area contributed by atoms with Gasteiger partial charge in [0, 0.05) is 12.1 Å². The van der Waals surface area contributed by atoms with Crippen LogP contribution in [0.5, 0.6) is 0 Å². The molecule has 1 unspecified atom stereocenters. The molecule has 0 aliphatic rings. The van der Waals surface area contributed by atoms with E-state index in [4.69, 9.17) is 5.73 Å². The summed E-state index contributed by atoms with van der Waals surface area (Å²) in [5.41, 5.74) is 6.27. The van der Waals surface area contributed by atoms with Crippen LogP contribution in [-0.2, 0) is 6.54 Å². The fourth-order valence-corrected chi connectivity index (χ4v) is 0.955. The van der Waals surface area contributed by atoms with Crippen LogP contribution in [0, 0.1) is 6.92 Å². The van der Waals surface area contributed by atoms with Crippen molar-refractivity contribution in [2.75, 3.05) is 0 Å². The van der Waals surface area contributed by atoms with Crippen LogP contribution in [0.2, 0.25) is 0 Å². The molecule has 0 aliphatic carbocycles. The lowest BCUT2D eigenvalue weighted by molar-refractivity contribution is 0.509. The third kappa shape index (κ3) is 2.17. The molecule has 12 heavy (non-hydrogen) atoms. The van der Waals surface area contributed by atoms with E-state index in [1.165, 1.54) is 10.7 Å². The van der Waals surface area contributed by atoms with Crippen LogP contribution in [0.25, 0.3) is 0 Å². The van der Waals surface area contributed by atoms with E-state index in [9.17, 15) is 4.79 Å². The summed E-state index contributed by atoms with van der Waals surface area (Å²) in [5.74, 6) is 0. The Labute approximate surface area is 71.0 Å². The molecule has 0 aliphatic heterocycles. The number of hydrogen-bond acceptors (Lipinski definition) is 3. The molecule has 66 valence electrons. The van der Waals surface area contributed by atoms with Crippen molar-refractivity contribution in [3.05, 3.63) is 28.2 Å². The molecule has 0 radical (unpaired) electrons. The van der Waals surface area contributed by atoms with Crippen molar-refractivity contribution < 1.29 is 0 Å². The molecule has 0 bridgehead atoms. The first kappa shape index (κ1) is 8.93. The maximum atomic E-state index is 11.2. The van der Waals surface area contributed by atoms with Crippen molar-refractivity contribution in [3.8, 4) is 0 Å². The number of aryl methyl sites for hydroxylation is 1. The van der Waals surface area contributed by atoms with Crippen LogP contribution in [-0.4, -0.2) is 15.8 Å². The quantitative estimate of drug-likeness (QED) is 0.669. The molecule has 0 aromatic carbocycles. The van der Waals surface area contributed by atoms with Crippen LogP contribution in [0.3, 0.4) is 0 Å². The first-order valence-electron chi connectivity index (χ1n) is 3.90.